The fourth-order valence-corrected chi connectivity index (χ4v) is 3.94. The maximum absolute atomic E-state index is 14.8. The fraction of sp³-hybridized carbons (Fsp3) is 0.650. The van der Waals surface area contributed by atoms with Gasteiger partial charge >= 0.3 is 6.09 Å². The lowest BCUT2D eigenvalue weighted by Gasteiger charge is -2.35. The van der Waals surface area contributed by atoms with Gasteiger partial charge in [-0.1, -0.05) is 5.21 Å². The molecule has 1 amide bonds. The van der Waals surface area contributed by atoms with E-state index in [-0.39, 0.29) is 6.54 Å². The Morgan fingerprint density at radius 2 is 2.07 bits per heavy atom. The number of carbonyl (C=O) groups is 1. The second-order valence-electron chi connectivity index (χ2n) is 8.85. The van der Waals surface area contributed by atoms with Gasteiger partial charge in [-0.3, -0.25) is 0 Å². The average Bonchev–Trinajstić information content (AvgIpc) is 3.36. The monoisotopic (exact) mass is 468 g/mol. The van der Waals surface area contributed by atoms with Crippen molar-refractivity contribution >= 4 is 33.1 Å². The van der Waals surface area contributed by atoms with Crippen LogP contribution in [0.2, 0.25) is 0 Å². The van der Waals surface area contributed by atoms with Gasteiger partial charge in [-0.2, -0.15) is 0 Å². The number of likely N-dealkylation sites (tertiary alicyclic amines) is 1. The summed E-state index contributed by atoms with van der Waals surface area (Å²) in [7, 11) is 0. The molecule has 1 saturated heterocycles. The normalized spacial score (nSPS) is 22.7. The Balaban J connectivity index is 1.42. The molecule has 2 aliphatic rings. The van der Waals surface area contributed by atoms with Gasteiger partial charge in [-0.15, -0.1) is 5.10 Å². The molecule has 1 aromatic heterocycles. The van der Waals surface area contributed by atoms with Gasteiger partial charge in [-0.25, -0.2) is 13.9 Å². The van der Waals surface area contributed by atoms with Crippen LogP contribution in [-0.4, -0.2) is 57.0 Å². The molecule has 7 nitrogen and oxygen atoms in total. The highest BCUT2D eigenvalue weighted by Crippen LogP contribution is 2.36. The van der Waals surface area contributed by atoms with Crippen LogP contribution in [0, 0.1) is 5.92 Å². The zero-order chi connectivity index (χ0) is 20.8. The summed E-state index contributed by atoms with van der Waals surface area (Å²) in [5.41, 5.74) is 1.05. The Morgan fingerprint density at radius 3 is 2.72 bits per heavy atom. The largest absolute Gasteiger partial charge is 0.486 e. The number of carbonyl (C=O) groups excluding carboxylic acids is 1. The van der Waals surface area contributed by atoms with Crippen LogP contribution < -0.4 is 4.74 Å². The van der Waals surface area contributed by atoms with Crippen LogP contribution >= 0.6 is 15.9 Å². The minimum absolute atomic E-state index is 0.0446. The zero-order valence-corrected chi connectivity index (χ0v) is 18.5. The van der Waals surface area contributed by atoms with Gasteiger partial charge in [0.2, 0.25) is 0 Å². The lowest BCUT2D eigenvalue weighted by atomic mass is 10.1. The first-order chi connectivity index (χ1) is 13.7. The number of hydrogen-bond donors (Lipinski definition) is 0. The molecule has 4 rings (SSSR count). The highest BCUT2D eigenvalue weighted by Gasteiger charge is 2.35. The van der Waals surface area contributed by atoms with Crippen molar-refractivity contribution in [1.82, 2.24) is 19.9 Å². The number of piperidine rings is 1. The summed E-state index contributed by atoms with van der Waals surface area (Å²) in [6.07, 6.45) is 0.439. The van der Waals surface area contributed by atoms with Gasteiger partial charge in [0.25, 0.3) is 0 Å². The molecule has 158 valence electrons. The number of aromatic nitrogens is 3. The summed E-state index contributed by atoms with van der Waals surface area (Å²) in [5.74, 6) is 1.23. The Hall–Kier alpha value is -1.90. The van der Waals surface area contributed by atoms with Gasteiger partial charge < -0.3 is 14.4 Å². The first kappa shape index (κ1) is 20.4. The molecular weight excluding hydrogens is 443 g/mol. The van der Waals surface area contributed by atoms with Crippen LogP contribution in [0.3, 0.4) is 0 Å². The molecule has 1 aliphatic carbocycles. The fourth-order valence-electron chi connectivity index (χ4n) is 3.43. The maximum atomic E-state index is 14.8. The van der Waals surface area contributed by atoms with E-state index in [4.69, 9.17) is 9.47 Å². The summed E-state index contributed by atoms with van der Waals surface area (Å²) in [6.45, 7) is 6.60. The Labute approximate surface area is 177 Å². The van der Waals surface area contributed by atoms with Crippen LogP contribution in [0.25, 0.3) is 11.0 Å². The summed E-state index contributed by atoms with van der Waals surface area (Å²) < 4.78 is 28.6. The molecule has 1 saturated carbocycles. The van der Waals surface area contributed by atoms with Crippen molar-refractivity contribution in [2.45, 2.75) is 64.5 Å². The molecule has 2 heterocycles. The minimum Gasteiger partial charge on any atom is -0.486 e. The molecule has 2 aromatic rings. The van der Waals surface area contributed by atoms with E-state index in [0.29, 0.717) is 34.6 Å². The molecule has 0 N–H and O–H groups in total. The van der Waals surface area contributed by atoms with E-state index in [1.165, 1.54) is 17.7 Å². The number of hydrogen-bond acceptors (Lipinski definition) is 5. The topological polar surface area (TPSA) is 69.5 Å². The number of nitrogens with zero attached hydrogens (tertiary/aromatic N) is 4. The molecule has 0 unspecified atom stereocenters. The summed E-state index contributed by atoms with van der Waals surface area (Å²) in [6, 6.07) is 3.74. The van der Waals surface area contributed by atoms with E-state index in [0.717, 1.165) is 12.1 Å². The molecule has 2 atom stereocenters. The quantitative estimate of drug-likeness (QED) is 0.667. The minimum atomic E-state index is -1.30. The summed E-state index contributed by atoms with van der Waals surface area (Å²) in [5, 5.41) is 8.51. The van der Waals surface area contributed by atoms with E-state index >= 15 is 0 Å². The van der Waals surface area contributed by atoms with Crippen molar-refractivity contribution in [1.29, 1.82) is 0 Å². The highest BCUT2D eigenvalue weighted by atomic mass is 79.9. The van der Waals surface area contributed by atoms with Crippen LogP contribution in [0.15, 0.2) is 16.6 Å². The first-order valence-corrected chi connectivity index (χ1v) is 10.8. The molecule has 29 heavy (non-hydrogen) atoms. The zero-order valence-electron chi connectivity index (χ0n) is 16.9. The molecule has 0 bridgehead atoms. The lowest BCUT2D eigenvalue weighted by molar-refractivity contribution is -0.0106. The second-order valence-corrected chi connectivity index (χ2v) is 9.64. The predicted octanol–water partition coefficient (Wildman–Crippen LogP) is 4.33. The van der Waals surface area contributed by atoms with Crippen molar-refractivity contribution in [3.05, 3.63) is 16.6 Å². The van der Waals surface area contributed by atoms with E-state index in [9.17, 15) is 9.18 Å². The number of rotatable bonds is 4. The third-order valence-corrected chi connectivity index (χ3v) is 5.90. The van der Waals surface area contributed by atoms with Crippen LogP contribution in [0.5, 0.6) is 5.75 Å². The van der Waals surface area contributed by atoms with Crippen LogP contribution in [0.1, 0.15) is 40.0 Å². The van der Waals surface area contributed by atoms with Gasteiger partial charge in [0, 0.05) is 19.5 Å². The smallest absolute Gasteiger partial charge is 0.410 e. The third-order valence-electron chi connectivity index (χ3n) is 5.13. The van der Waals surface area contributed by atoms with Gasteiger partial charge in [0.1, 0.15) is 23.0 Å². The number of halogens is 2. The van der Waals surface area contributed by atoms with Crippen molar-refractivity contribution in [2.24, 2.45) is 5.92 Å². The maximum Gasteiger partial charge on any atom is 0.410 e. The second kappa shape index (κ2) is 7.74. The molecule has 0 spiro atoms. The molecule has 1 aliphatic heterocycles. The Kier molecular flexibility index (Phi) is 5.44. The molecule has 0 radical (unpaired) electrons. The first-order valence-electron chi connectivity index (χ1n) is 10.0. The third kappa shape index (κ3) is 4.65. The van der Waals surface area contributed by atoms with Crippen molar-refractivity contribution in [3.63, 3.8) is 0 Å². The molecule has 2 fully saturated rings. The molecular formula is C20H26BrFN4O3. The van der Waals surface area contributed by atoms with Crippen molar-refractivity contribution in [2.75, 3.05) is 13.1 Å². The van der Waals surface area contributed by atoms with E-state index in [1.54, 1.807) is 20.8 Å². The van der Waals surface area contributed by atoms with Crippen molar-refractivity contribution < 1.29 is 18.7 Å². The van der Waals surface area contributed by atoms with E-state index < -0.39 is 24.0 Å². The summed E-state index contributed by atoms with van der Waals surface area (Å²) >= 11 is 3.54. The number of ether oxygens (including phenoxy) is 2. The standard InChI is InChI=1S/C20H26BrFN4O3/c1-20(2,3)29-19(27)25-9-8-15(13(22)11-25)28-16-7-6-14-18(17(16)21)23-24-26(14)10-12-4-5-12/h6-7,12-13,15H,4-5,8-11H2,1-3H3/t13-,15+/m0/s1. The number of fused-ring (bicyclic) bond motifs is 1. The predicted molar refractivity (Wildman–Crippen MR) is 110 cm³/mol. The SMILES string of the molecule is CC(C)(C)OC(=O)N1CC[C@@H](Oc2ccc3c(nnn3CC3CC3)c2Br)[C@@H](F)C1. The highest BCUT2D eigenvalue weighted by molar-refractivity contribution is 9.10. The van der Waals surface area contributed by atoms with E-state index in [2.05, 4.69) is 26.2 Å². The van der Waals surface area contributed by atoms with Crippen molar-refractivity contribution in [3.8, 4) is 5.75 Å². The Bertz CT molecular complexity index is 909. The van der Waals surface area contributed by atoms with E-state index in [1.807, 2.05) is 16.8 Å². The number of alkyl halides is 1. The van der Waals surface area contributed by atoms with Crippen LogP contribution in [0.4, 0.5) is 9.18 Å². The lowest BCUT2D eigenvalue weighted by Crippen LogP contribution is -2.50. The van der Waals surface area contributed by atoms with Gasteiger partial charge in [0.05, 0.1) is 16.5 Å². The van der Waals surface area contributed by atoms with Gasteiger partial charge in [-0.05, 0) is 67.6 Å². The average molecular weight is 469 g/mol. The number of amides is 1. The summed E-state index contributed by atoms with van der Waals surface area (Å²) in [4.78, 5) is 13.6. The van der Waals surface area contributed by atoms with Gasteiger partial charge in [0.15, 0.2) is 6.17 Å². The molecule has 1 aromatic carbocycles. The Morgan fingerprint density at radius 1 is 1.31 bits per heavy atom. The molecule has 9 heteroatoms. The van der Waals surface area contributed by atoms with Crippen LogP contribution in [-0.2, 0) is 11.3 Å². The number of benzene rings is 1.